The highest BCUT2D eigenvalue weighted by atomic mass is 35.5. The summed E-state index contributed by atoms with van der Waals surface area (Å²) in [5.74, 6) is 0.858. The smallest absolute Gasteiger partial charge is 0.407 e. The molecule has 2 aliphatic rings. The molecule has 0 spiro atoms. The fourth-order valence-electron chi connectivity index (χ4n) is 6.54. The number of halogens is 1. The van der Waals surface area contributed by atoms with Crippen molar-refractivity contribution in [3.05, 3.63) is 34.6 Å². The number of rotatable bonds is 10. The van der Waals surface area contributed by atoms with E-state index < -0.39 is 13.7 Å². The van der Waals surface area contributed by atoms with Crippen molar-refractivity contribution in [2.45, 2.75) is 109 Å². The number of anilines is 1. The van der Waals surface area contributed by atoms with E-state index in [-0.39, 0.29) is 24.2 Å². The molecule has 4 aromatic rings. The number of methoxy groups -OCH3 is 1. The molecule has 2 aliphatic heterocycles. The second-order valence-electron chi connectivity index (χ2n) is 14.7. The van der Waals surface area contributed by atoms with Crippen LogP contribution >= 0.6 is 22.9 Å². The lowest BCUT2D eigenvalue weighted by Gasteiger charge is -2.39. The van der Waals surface area contributed by atoms with Gasteiger partial charge in [-0.25, -0.2) is 19.7 Å². The number of thiazole rings is 1. The standard InChI is InChI=1S/C33H45ClN6O4SSi/c1-33(2,3)44-32(41)36-20-14-21-8-9-22(15-20)40(21)26-16-35-29-24(17-39(31(29)38-26)19-43-12-13-46(5,6)7)23-10-11-25-30(28(23)34)45-27(37-25)18-42-4/h10-11,16-17,20-22H,8-9,12-15,18-19H2,1-7H3,(H,36,41). The number of carbonyl (C=O) groups is 1. The number of nitrogens with one attached hydrogen (secondary N) is 1. The van der Waals surface area contributed by atoms with Gasteiger partial charge in [0.05, 0.1) is 28.0 Å². The van der Waals surface area contributed by atoms with E-state index in [9.17, 15) is 4.79 Å². The van der Waals surface area contributed by atoms with Crippen molar-refractivity contribution in [2.75, 3.05) is 18.6 Å². The van der Waals surface area contributed by atoms with Crippen LogP contribution in [-0.4, -0.2) is 71.1 Å². The maximum Gasteiger partial charge on any atom is 0.407 e. The van der Waals surface area contributed by atoms with E-state index in [0.717, 1.165) is 75.1 Å². The lowest BCUT2D eigenvalue weighted by atomic mass is 9.97. The van der Waals surface area contributed by atoms with E-state index in [1.54, 1.807) is 18.4 Å². The largest absolute Gasteiger partial charge is 0.444 e. The number of nitrogens with zero attached hydrogens (tertiary/aromatic N) is 5. The van der Waals surface area contributed by atoms with Gasteiger partial charge >= 0.3 is 6.09 Å². The maximum absolute atomic E-state index is 12.5. The average molecular weight is 685 g/mol. The minimum Gasteiger partial charge on any atom is -0.444 e. The number of fused-ring (bicyclic) bond motifs is 4. The molecule has 0 aliphatic carbocycles. The molecule has 1 amide bonds. The third-order valence-electron chi connectivity index (χ3n) is 8.60. The molecule has 13 heteroatoms. The second-order valence-corrected chi connectivity index (χ2v) is 21.8. The molecular formula is C33H45ClN6O4SSi. The lowest BCUT2D eigenvalue weighted by molar-refractivity contribution is 0.0492. The summed E-state index contributed by atoms with van der Waals surface area (Å²) in [6.45, 7) is 14.3. The molecule has 2 atom stereocenters. The first-order valence-corrected chi connectivity index (χ1v) is 21.0. The molecule has 5 heterocycles. The summed E-state index contributed by atoms with van der Waals surface area (Å²) in [5.41, 5.74) is 3.70. The fraction of sp³-hybridized carbons (Fsp3) is 0.576. The number of hydrogen-bond donors (Lipinski definition) is 1. The van der Waals surface area contributed by atoms with Crippen molar-refractivity contribution in [3.63, 3.8) is 0 Å². The highest BCUT2D eigenvalue weighted by Crippen LogP contribution is 2.42. The van der Waals surface area contributed by atoms with Gasteiger partial charge in [0, 0.05) is 57.2 Å². The predicted molar refractivity (Wildman–Crippen MR) is 188 cm³/mol. The van der Waals surface area contributed by atoms with E-state index in [4.69, 9.17) is 35.8 Å². The molecule has 2 bridgehead atoms. The second kappa shape index (κ2) is 13.0. The van der Waals surface area contributed by atoms with Gasteiger partial charge in [0.15, 0.2) is 5.65 Å². The highest BCUT2D eigenvalue weighted by Gasteiger charge is 2.42. The molecule has 2 fully saturated rings. The summed E-state index contributed by atoms with van der Waals surface area (Å²) >= 11 is 8.61. The van der Waals surface area contributed by atoms with Crippen LogP contribution < -0.4 is 10.2 Å². The van der Waals surface area contributed by atoms with Crippen LogP contribution in [0.2, 0.25) is 30.7 Å². The van der Waals surface area contributed by atoms with Gasteiger partial charge < -0.3 is 29.0 Å². The van der Waals surface area contributed by atoms with Crippen LogP contribution in [-0.2, 0) is 27.5 Å². The van der Waals surface area contributed by atoms with Crippen LogP contribution in [0, 0.1) is 0 Å². The molecule has 1 N–H and O–H groups in total. The number of benzene rings is 1. The van der Waals surface area contributed by atoms with Gasteiger partial charge in [0.1, 0.15) is 28.7 Å². The van der Waals surface area contributed by atoms with Crippen molar-refractivity contribution < 1.29 is 19.0 Å². The van der Waals surface area contributed by atoms with Gasteiger partial charge in [-0.1, -0.05) is 37.3 Å². The molecule has 3 aromatic heterocycles. The Balaban J connectivity index is 1.31. The highest BCUT2D eigenvalue weighted by molar-refractivity contribution is 7.19. The number of carbonyl (C=O) groups excluding carboxylic acids is 1. The predicted octanol–water partition coefficient (Wildman–Crippen LogP) is 7.84. The summed E-state index contributed by atoms with van der Waals surface area (Å²) in [6.07, 6.45) is 7.41. The summed E-state index contributed by atoms with van der Waals surface area (Å²) in [7, 11) is 0.432. The van der Waals surface area contributed by atoms with Crippen LogP contribution in [0.4, 0.5) is 10.6 Å². The van der Waals surface area contributed by atoms with E-state index in [1.165, 1.54) is 0 Å². The average Bonchev–Trinajstić information content (AvgIpc) is 3.62. The van der Waals surface area contributed by atoms with Crippen molar-refractivity contribution in [1.82, 2.24) is 24.8 Å². The van der Waals surface area contributed by atoms with Crippen LogP contribution in [0.3, 0.4) is 0 Å². The molecule has 2 unspecified atom stereocenters. The summed E-state index contributed by atoms with van der Waals surface area (Å²) in [6, 6.07) is 5.72. The zero-order valence-electron chi connectivity index (χ0n) is 27.9. The summed E-state index contributed by atoms with van der Waals surface area (Å²) < 4.78 is 20.0. The normalized spacial score (nSPS) is 20.2. The van der Waals surface area contributed by atoms with E-state index in [0.29, 0.717) is 25.0 Å². The summed E-state index contributed by atoms with van der Waals surface area (Å²) in [4.78, 5) is 29.9. The van der Waals surface area contributed by atoms with Gasteiger partial charge in [-0.05, 0) is 58.6 Å². The Labute approximate surface area is 280 Å². The van der Waals surface area contributed by atoms with Gasteiger partial charge in [0.25, 0.3) is 0 Å². The Morgan fingerprint density at radius 2 is 1.87 bits per heavy atom. The van der Waals surface area contributed by atoms with Crippen molar-refractivity contribution in [3.8, 4) is 11.1 Å². The lowest BCUT2D eigenvalue weighted by Crippen LogP contribution is -2.51. The van der Waals surface area contributed by atoms with Crippen molar-refractivity contribution >= 4 is 64.3 Å². The summed E-state index contributed by atoms with van der Waals surface area (Å²) in [5, 5.41) is 4.65. The quantitative estimate of drug-likeness (QED) is 0.133. The first kappa shape index (κ1) is 33.1. The van der Waals surface area contributed by atoms with E-state index in [2.05, 4.69) is 45.6 Å². The van der Waals surface area contributed by atoms with E-state index in [1.807, 2.05) is 39.1 Å². The van der Waals surface area contributed by atoms with Crippen LogP contribution in [0.1, 0.15) is 51.5 Å². The Kier molecular flexibility index (Phi) is 9.38. The molecule has 1 aromatic carbocycles. The molecule has 6 rings (SSSR count). The molecular weight excluding hydrogens is 640 g/mol. The number of ether oxygens (including phenoxy) is 3. The minimum absolute atomic E-state index is 0.0729. The van der Waals surface area contributed by atoms with Gasteiger partial charge in [-0.2, -0.15) is 0 Å². The molecule has 46 heavy (non-hydrogen) atoms. The zero-order valence-corrected chi connectivity index (χ0v) is 30.4. The SMILES string of the molecule is COCc1nc2ccc(-c3cn(COCC[Si](C)(C)C)c4nc(N5C6CCC5CC(NC(=O)OC(C)(C)C)C6)cnc34)c(Cl)c2s1. The Morgan fingerprint density at radius 3 is 2.54 bits per heavy atom. The van der Waals surface area contributed by atoms with Crippen LogP contribution in [0.25, 0.3) is 32.5 Å². The minimum atomic E-state index is -1.24. The molecule has 2 saturated heterocycles. The zero-order chi connectivity index (χ0) is 32.8. The maximum atomic E-state index is 12.5. The number of hydrogen-bond acceptors (Lipinski definition) is 9. The van der Waals surface area contributed by atoms with Gasteiger partial charge in [-0.15, -0.1) is 11.3 Å². The van der Waals surface area contributed by atoms with Crippen LogP contribution in [0.15, 0.2) is 24.5 Å². The number of piperidine rings is 1. The third-order valence-corrected chi connectivity index (χ3v) is 11.9. The molecule has 0 radical (unpaired) electrons. The fourth-order valence-corrected chi connectivity index (χ4v) is 8.65. The molecule has 0 saturated carbocycles. The molecule has 10 nitrogen and oxygen atoms in total. The topological polar surface area (TPSA) is 104 Å². The number of alkyl carbamates (subject to hydrolysis) is 1. The van der Waals surface area contributed by atoms with E-state index >= 15 is 0 Å². The number of amides is 1. The Hall–Kier alpha value is -2.77. The van der Waals surface area contributed by atoms with Gasteiger partial charge in [0.2, 0.25) is 0 Å². The third kappa shape index (κ3) is 7.20. The van der Waals surface area contributed by atoms with Crippen molar-refractivity contribution in [1.29, 1.82) is 0 Å². The monoisotopic (exact) mass is 684 g/mol. The van der Waals surface area contributed by atoms with Crippen molar-refractivity contribution in [2.24, 2.45) is 0 Å². The van der Waals surface area contributed by atoms with Gasteiger partial charge in [-0.3, -0.25) is 0 Å². The molecule has 248 valence electrons. The first-order valence-electron chi connectivity index (χ1n) is 16.1. The first-order chi connectivity index (χ1) is 21.8. The number of aromatic nitrogens is 4. The Morgan fingerprint density at radius 1 is 1.13 bits per heavy atom. The van der Waals surface area contributed by atoms with Crippen LogP contribution in [0.5, 0.6) is 0 Å². The Bertz CT molecular complexity index is 1720.